The van der Waals surface area contributed by atoms with Gasteiger partial charge in [-0.25, -0.2) is 12.1 Å². The van der Waals surface area contributed by atoms with Crippen molar-refractivity contribution < 1.29 is 62.3 Å². The monoisotopic (exact) mass is 732 g/mol. The molecule has 0 saturated carbocycles. The molecule has 0 N–H and O–H groups in total. The Morgan fingerprint density at radius 2 is 0.600 bits per heavy atom. The van der Waals surface area contributed by atoms with Crippen molar-refractivity contribution in [2.75, 3.05) is 0 Å². The Morgan fingerprint density at radius 3 is 0.800 bits per heavy atom. The minimum atomic E-state index is -0.834. The number of halogens is 2. The Bertz CT molecular complexity index is 1220. The molecule has 0 radical (unpaired) electrons. The SMILES string of the molecule is [Cl-].[Cl-].[Fe+2].[Pd+2].c1ccc([PH+](c2ccccc2)c2ccc[cH-]2)cc1.c1ccc([PH+](c2ccccc2)c2ccc[cH-]2)cc1. The molecule has 6 aromatic rings. The molecule has 0 amide bonds. The van der Waals surface area contributed by atoms with E-state index >= 15 is 0 Å². The summed E-state index contributed by atoms with van der Waals surface area (Å²) in [7, 11) is -1.67. The second-order valence-electron chi connectivity index (χ2n) is 8.56. The summed E-state index contributed by atoms with van der Waals surface area (Å²) in [6.45, 7) is 0. The van der Waals surface area contributed by atoms with Crippen LogP contribution < -0.4 is 56.6 Å². The van der Waals surface area contributed by atoms with Crippen LogP contribution in [0.2, 0.25) is 0 Å². The van der Waals surface area contributed by atoms with E-state index in [0.717, 1.165) is 0 Å². The second-order valence-corrected chi connectivity index (χ2v) is 13.5. The van der Waals surface area contributed by atoms with Crippen LogP contribution in [0.15, 0.2) is 170 Å². The maximum atomic E-state index is 2.24. The molecule has 206 valence electrons. The van der Waals surface area contributed by atoms with E-state index in [0.29, 0.717) is 0 Å². The van der Waals surface area contributed by atoms with Crippen molar-refractivity contribution in [3.63, 3.8) is 0 Å². The standard InChI is InChI=1S/2C17H14P.2ClH.Fe.Pd/c2*1-3-9-15(10-4-1)18(17-13-7-8-14-17)16-11-5-2-6-12-16;;;;/h2*1-14H;2*1H;;/q2*-1;;;2*+2. The summed E-state index contributed by atoms with van der Waals surface area (Å²) < 4.78 is 0. The molecule has 0 fully saturated rings. The molecule has 0 aliphatic rings. The first kappa shape index (κ1) is 36.2. The summed E-state index contributed by atoms with van der Waals surface area (Å²) in [5.74, 6) is 0. The molecule has 0 aliphatic carbocycles. The molecular weight excluding hydrogens is 703 g/mol. The molecule has 0 spiro atoms. The quantitative estimate of drug-likeness (QED) is 0.127. The van der Waals surface area contributed by atoms with Gasteiger partial charge >= 0.3 is 37.5 Å². The third kappa shape index (κ3) is 9.64. The molecule has 6 rings (SSSR count). The van der Waals surface area contributed by atoms with Crippen molar-refractivity contribution in [2.24, 2.45) is 0 Å². The van der Waals surface area contributed by atoms with Gasteiger partial charge in [0.2, 0.25) is 0 Å². The third-order valence-corrected chi connectivity index (χ3v) is 11.6. The smallest absolute Gasteiger partial charge is 1.00 e. The van der Waals surface area contributed by atoms with Crippen LogP contribution in [-0.2, 0) is 37.5 Å². The van der Waals surface area contributed by atoms with E-state index < -0.39 is 15.8 Å². The van der Waals surface area contributed by atoms with Gasteiger partial charge in [0, 0.05) is 0 Å². The van der Waals surface area contributed by atoms with Crippen molar-refractivity contribution in [2.45, 2.75) is 0 Å². The van der Waals surface area contributed by atoms with Gasteiger partial charge in [0.15, 0.2) is 0 Å². The van der Waals surface area contributed by atoms with Crippen molar-refractivity contribution in [1.29, 1.82) is 0 Å². The van der Waals surface area contributed by atoms with Crippen molar-refractivity contribution in [3.05, 3.63) is 170 Å². The molecule has 0 aromatic heterocycles. The van der Waals surface area contributed by atoms with Gasteiger partial charge in [0.1, 0.15) is 0 Å². The predicted molar refractivity (Wildman–Crippen MR) is 164 cm³/mol. The van der Waals surface area contributed by atoms with Gasteiger partial charge in [-0.1, -0.05) is 72.8 Å². The fourth-order valence-corrected chi connectivity index (χ4v) is 9.66. The Morgan fingerprint density at radius 1 is 0.350 bits per heavy atom. The Balaban J connectivity index is 0.000000364. The number of rotatable bonds is 6. The van der Waals surface area contributed by atoms with E-state index in [1.807, 2.05) is 0 Å². The minimum absolute atomic E-state index is 0. The molecule has 0 saturated heterocycles. The van der Waals surface area contributed by atoms with Crippen LogP contribution in [-0.4, -0.2) is 0 Å². The molecule has 0 unspecified atom stereocenters. The first-order chi connectivity index (χ1) is 17.9. The van der Waals surface area contributed by atoms with Crippen LogP contribution in [0.3, 0.4) is 0 Å². The van der Waals surface area contributed by atoms with Crippen molar-refractivity contribution in [1.82, 2.24) is 0 Å². The first-order valence-electron chi connectivity index (χ1n) is 12.3. The summed E-state index contributed by atoms with van der Waals surface area (Å²) in [6.07, 6.45) is 0. The summed E-state index contributed by atoms with van der Waals surface area (Å²) >= 11 is 0. The van der Waals surface area contributed by atoms with Crippen molar-refractivity contribution >= 4 is 47.7 Å². The minimum Gasteiger partial charge on any atom is -1.00 e. The van der Waals surface area contributed by atoms with Crippen LogP contribution in [0.4, 0.5) is 0 Å². The summed E-state index contributed by atoms with van der Waals surface area (Å²) in [5.41, 5.74) is 0. The third-order valence-electron chi connectivity index (χ3n) is 6.15. The number of benzene rings is 4. The van der Waals surface area contributed by atoms with Gasteiger partial charge in [-0.05, 0) is 59.1 Å². The maximum absolute atomic E-state index is 2.24. The van der Waals surface area contributed by atoms with Gasteiger partial charge in [0.05, 0.1) is 37.1 Å². The van der Waals surface area contributed by atoms with Crippen LogP contribution in [0.5, 0.6) is 0 Å². The maximum Gasteiger partial charge on any atom is 2.00 e. The average molecular weight is 734 g/mol. The largest absolute Gasteiger partial charge is 2.00 e. The predicted octanol–water partition coefficient (Wildman–Crippen LogP) is -0.205. The Hall–Kier alpha value is -1.80. The summed E-state index contributed by atoms with van der Waals surface area (Å²) in [6, 6.07) is 60.8. The Kier molecular flexibility index (Phi) is 17.5. The average Bonchev–Trinajstić information content (AvgIpc) is 3.68. The molecule has 6 aromatic carbocycles. The Labute approximate surface area is 277 Å². The van der Waals surface area contributed by atoms with Gasteiger partial charge in [0.25, 0.3) is 0 Å². The molecule has 0 nitrogen and oxygen atoms in total. The molecule has 40 heavy (non-hydrogen) atoms. The number of hydrogen-bond donors (Lipinski definition) is 0. The first-order valence-corrected chi connectivity index (χ1v) is 15.3. The zero-order chi connectivity index (χ0) is 24.4. The summed E-state index contributed by atoms with van der Waals surface area (Å²) in [4.78, 5) is 0. The molecule has 0 atom stereocenters. The van der Waals surface area contributed by atoms with Gasteiger partial charge < -0.3 is 24.8 Å². The van der Waals surface area contributed by atoms with Gasteiger partial charge in [-0.15, -0.1) is 12.1 Å². The second kappa shape index (κ2) is 19.3. The molecular formula is C34H30Cl2FeP2Pd+2. The van der Waals surface area contributed by atoms with Crippen LogP contribution in [0.1, 0.15) is 0 Å². The van der Waals surface area contributed by atoms with Gasteiger partial charge in [-0.3, -0.25) is 0 Å². The topological polar surface area (TPSA) is 0 Å². The van der Waals surface area contributed by atoms with Crippen molar-refractivity contribution in [3.8, 4) is 0 Å². The zero-order valence-corrected chi connectivity index (χ0v) is 27.8. The summed E-state index contributed by atoms with van der Waals surface area (Å²) in [5, 5.41) is 8.69. The molecule has 0 bridgehead atoms. The molecule has 0 aliphatic heterocycles. The molecule has 0 heterocycles. The fraction of sp³-hybridized carbons (Fsp3) is 0. The van der Waals surface area contributed by atoms with Crippen LogP contribution >= 0.6 is 15.8 Å². The van der Waals surface area contributed by atoms with Crippen LogP contribution in [0, 0.1) is 0 Å². The van der Waals surface area contributed by atoms with E-state index in [-0.39, 0.29) is 62.3 Å². The van der Waals surface area contributed by atoms with E-state index in [9.17, 15) is 0 Å². The van der Waals surface area contributed by atoms with E-state index in [2.05, 4.69) is 170 Å². The van der Waals surface area contributed by atoms with Gasteiger partial charge in [-0.2, -0.15) is 24.3 Å². The molecule has 6 heteroatoms. The number of hydrogen-bond acceptors (Lipinski definition) is 0. The van der Waals surface area contributed by atoms with Crippen LogP contribution in [0.25, 0.3) is 0 Å². The fourth-order valence-electron chi connectivity index (χ4n) is 4.50. The normalized spacial score (nSPS) is 9.65. The zero-order valence-electron chi connectivity index (χ0n) is 21.6. The van der Waals surface area contributed by atoms with E-state index in [1.165, 1.54) is 31.8 Å². The van der Waals surface area contributed by atoms with E-state index in [1.54, 1.807) is 0 Å². The van der Waals surface area contributed by atoms with E-state index in [4.69, 9.17) is 0 Å².